The Balaban J connectivity index is 3.09. The van der Waals surface area contributed by atoms with E-state index in [0.717, 1.165) is 0 Å². The summed E-state index contributed by atoms with van der Waals surface area (Å²) in [6, 6.07) is 4.73. The van der Waals surface area contributed by atoms with E-state index in [9.17, 15) is 10.1 Å². The lowest BCUT2D eigenvalue weighted by Gasteiger charge is -2.22. The zero-order chi connectivity index (χ0) is 12.3. The maximum absolute atomic E-state index is 10.9. The molecule has 88 valence electrons. The van der Waals surface area contributed by atoms with Crippen molar-refractivity contribution in [2.45, 2.75) is 20.3 Å². The Labute approximate surface area is 99.6 Å². The second kappa shape index (κ2) is 4.80. The lowest BCUT2D eigenvalue weighted by Crippen LogP contribution is -2.26. The van der Waals surface area contributed by atoms with Gasteiger partial charge in [0.25, 0.3) is 5.69 Å². The number of hydrogen-bond acceptors (Lipinski definition) is 3. The van der Waals surface area contributed by atoms with Crippen LogP contribution in [0.3, 0.4) is 0 Å². The molecule has 1 aromatic rings. The van der Waals surface area contributed by atoms with Gasteiger partial charge in [0.2, 0.25) is 0 Å². The fraction of sp³-hybridized carbons (Fsp3) is 0.455. The standard InChI is InChI=1S/C11H15ClN2O2/c1-11(2,7-13)6-8-3-4-9(12)5-10(8)14(15)16/h3-5H,6-7,13H2,1-2H3. The largest absolute Gasteiger partial charge is 0.330 e. The molecular formula is C11H15ClN2O2. The topological polar surface area (TPSA) is 69.2 Å². The Hall–Kier alpha value is -1.13. The third kappa shape index (κ3) is 3.18. The van der Waals surface area contributed by atoms with E-state index in [1.54, 1.807) is 12.1 Å². The number of halogens is 1. The predicted octanol–water partition coefficient (Wildman–Crippen LogP) is 2.78. The van der Waals surface area contributed by atoms with Crippen LogP contribution in [0.5, 0.6) is 0 Å². The van der Waals surface area contributed by atoms with Crippen LogP contribution >= 0.6 is 11.6 Å². The maximum Gasteiger partial charge on any atom is 0.274 e. The van der Waals surface area contributed by atoms with Gasteiger partial charge in [0, 0.05) is 16.7 Å². The number of nitrogens with zero attached hydrogens (tertiary/aromatic N) is 1. The van der Waals surface area contributed by atoms with E-state index in [2.05, 4.69) is 0 Å². The van der Waals surface area contributed by atoms with Gasteiger partial charge in [-0.25, -0.2) is 0 Å². The van der Waals surface area contributed by atoms with E-state index in [1.165, 1.54) is 6.07 Å². The van der Waals surface area contributed by atoms with Crippen LogP contribution in [0, 0.1) is 15.5 Å². The molecular weight excluding hydrogens is 228 g/mol. The number of nitro groups is 1. The highest BCUT2D eigenvalue weighted by Crippen LogP contribution is 2.29. The van der Waals surface area contributed by atoms with Crippen LogP contribution in [0.15, 0.2) is 18.2 Å². The highest BCUT2D eigenvalue weighted by Gasteiger charge is 2.22. The van der Waals surface area contributed by atoms with Crippen LogP contribution in [-0.4, -0.2) is 11.5 Å². The summed E-state index contributed by atoms with van der Waals surface area (Å²) in [5.74, 6) is 0. The molecule has 1 aromatic carbocycles. The van der Waals surface area contributed by atoms with Crippen molar-refractivity contribution >= 4 is 17.3 Å². The second-order valence-corrected chi connectivity index (χ2v) is 5.01. The molecule has 0 fully saturated rings. The Morgan fingerprint density at radius 1 is 1.50 bits per heavy atom. The lowest BCUT2D eigenvalue weighted by atomic mass is 9.85. The molecule has 0 bridgehead atoms. The Bertz CT molecular complexity index is 405. The van der Waals surface area contributed by atoms with Crippen LogP contribution in [0.4, 0.5) is 5.69 Å². The van der Waals surface area contributed by atoms with Crippen molar-refractivity contribution in [3.8, 4) is 0 Å². The van der Waals surface area contributed by atoms with Crippen LogP contribution < -0.4 is 5.73 Å². The van der Waals surface area contributed by atoms with Gasteiger partial charge in [0.05, 0.1) is 4.92 Å². The van der Waals surface area contributed by atoms with Crippen LogP contribution in [0.25, 0.3) is 0 Å². The van der Waals surface area contributed by atoms with Crippen molar-refractivity contribution in [1.29, 1.82) is 0 Å². The summed E-state index contributed by atoms with van der Waals surface area (Å²) in [7, 11) is 0. The molecule has 0 amide bonds. The van der Waals surface area contributed by atoms with Gasteiger partial charge in [0.1, 0.15) is 0 Å². The summed E-state index contributed by atoms with van der Waals surface area (Å²) in [4.78, 5) is 10.5. The van der Waals surface area contributed by atoms with Crippen molar-refractivity contribution in [3.05, 3.63) is 38.9 Å². The van der Waals surface area contributed by atoms with Gasteiger partial charge in [-0.05, 0) is 24.4 Å². The van der Waals surface area contributed by atoms with Crippen LogP contribution in [-0.2, 0) is 6.42 Å². The third-order valence-corrected chi connectivity index (χ3v) is 2.70. The van der Waals surface area contributed by atoms with E-state index in [4.69, 9.17) is 17.3 Å². The highest BCUT2D eigenvalue weighted by atomic mass is 35.5. The molecule has 5 heteroatoms. The van der Waals surface area contributed by atoms with E-state index in [-0.39, 0.29) is 11.1 Å². The number of nitro benzene ring substituents is 1. The summed E-state index contributed by atoms with van der Waals surface area (Å²) < 4.78 is 0. The molecule has 2 N–H and O–H groups in total. The molecule has 0 unspecified atom stereocenters. The predicted molar refractivity (Wildman–Crippen MR) is 64.6 cm³/mol. The Kier molecular flexibility index (Phi) is 3.88. The van der Waals surface area contributed by atoms with E-state index >= 15 is 0 Å². The summed E-state index contributed by atoms with van der Waals surface area (Å²) >= 11 is 5.74. The zero-order valence-corrected chi connectivity index (χ0v) is 10.1. The fourth-order valence-corrected chi connectivity index (χ4v) is 1.61. The summed E-state index contributed by atoms with van der Waals surface area (Å²) in [5, 5.41) is 11.2. The first kappa shape index (κ1) is 12.9. The number of hydrogen-bond donors (Lipinski definition) is 1. The minimum absolute atomic E-state index is 0.0639. The average Bonchev–Trinajstić information content (AvgIpc) is 2.20. The SMILES string of the molecule is CC(C)(CN)Cc1ccc(Cl)cc1[N+](=O)[O-]. The minimum atomic E-state index is -0.409. The van der Waals surface area contributed by atoms with Gasteiger partial charge >= 0.3 is 0 Å². The number of rotatable bonds is 4. The van der Waals surface area contributed by atoms with Gasteiger partial charge in [0.15, 0.2) is 0 Å². The molecule has 0 aromatic heterocycles. The van der Waals surface area contributed by atoms with Crippen molar-refractivity contribution in [3.63, 3.8) is 0 Å². The van der Waals surface area contributed by atoms with Gasteiger partial charge in [-0.3, -0.25) is 10.1 Å². The number of benzene rings is 1. The average molecular weight is 243 g/mol. The molecule has 0 atom stereocenters. The van der Waals surface area contributed by atoms with Crippen molar-refractivity contribution < 1.29 is 4.92 Å². The van der Waals surface area contributed by atoms with Crippen molar-refractivity contribution in [1.82, 2.24) is 0 Å². The van der Waals surface area contributed by atoms with Gasteiger partial charge < -0.3 is 5.73 Å². The molecule has 0 spiro atoms. The second-order valence-electron chi connectivity index (χ2n) is 4.58. The Morgan fingerprint density at radius 2 is 2.12 bits per heavy atom. The van der Waals surface area contributed by atoms with E-state index in [1.807, 2.05) is 13.8 Å². The molecule has 0 saturated carbocycles. The maximum atomic E-state index is 10.9. The Morgan fingerprint density at radius 3 is 2.62 bits per heavy atom. The van der Waals surface area contributed by atoms with Crippen molar-refractivity contribution in [2.24, 2.45) is 11.1 Å². The molecule has 1 rings (SSSR count). The molecule has 0 heterocycles. The first-order valence-electron chi connectivity index (χ1n) is 4.98. The number of nitrogens with two attached hydrogens (primary N) is 1. The lowest BCUT2D eigenvalue weighted by molar-refractivity contribution is -0.385. The third-order valence-electron chi connectivity index (χ3n) is 2.47. The molecule has 0 aliphatic rings. The van der Waals surface area contributed by atoms with Gasteiger partial charge in [-0.15, -0.1) is 0 Å². The normalized spacial score (nSPS) is 11.5. The quantitative estimate of drug-likeness (QED) is 0.652. The van der Waals surface area contributed by atoms with E-state index < -0.39 is 4.92 Å². The fourth-order valence-electron chi connectivity index (χ4n) is 1.44. The molecule has 4 nitrogen and oxygen atoms in total. The molecule has 0 aliphatic carbocycles. The smallest absolute Gasteiger partial charge is 0.274 e. The van der Waals surface area contributed by atoms with Crippen LogP contribution in [0.1, 0.15) is 19.4 Å². The molecule has 16 heavy (non-hydrogen) atoms. The minimum Gasteiger partial charge on any atom is -0.330 e. The summed E-state index contributed by atoms with van der Waals surface area (Å²) in [5.41, 5.74) is 6.20. The summed E-state index contributed by atoms with van der Waals surface area (Å²) in [6.45, 7) is 4.43. The van der Waals surface area contributed by atoms with E-state index in [0.29, 0.717) is 23.6 Å². The van der Waals surface area contributed by atoms with Gasteiger partial charge in [-0.2, -0.15) is 0 Å². The molecule has 0 saturated heterocycles. The first-order valence-corrected chi connectivity index (χ1v) is 5.36. The zero-order valence-electron chi connectivity index (χ0n) is 9.37. The summed E-state index contributed by atoms with van der Waals surface area (Å²) in [6.07, 6.45) is 0.566. The first-order chi connectivity index (χ1) is 7.35. The monoisotopic (exact) mass is 242 g/mol. The van der Waals surface area contributed by atoms with Crippen LogP contribution in [0.2, 0.25) is 5.02 Å². The van der Waals surface area contributed by atoms with Gasteiger partial charge in [-0.1, -0.05) is 31.5 Å². The molecule has 0 aliphatic heterocycles. The van der Waals surface area contributed by atoms with Crippen molar-refractivity contribution in [2.75, 3.05) is 6.54 Å². The highest BCUT2D eigenvalue weighted by molar-refractivity contribution is 6.30. The molecule has 0 radical (unpaired) electrons.